The largest absolute Gasteiger partial charge is 0.457 e. The number of aromatic nitrogens is 1. The number of nitrogens with one attached hydrogen (secondary N) is 1. The molecule has 1 N–H and O–H groups in total. The molecule has 0 spiro atoms. The molecule has 0 atom stereocenters. The summed E-state index contributed by atoms with van der Waals surface area (Å²) in [5.41, 5.74) is 0.588. The Hall–Kier alpha value is -3.73. The molecule has 0 bridgehead atoms. The van der Waals surface area contributed by atoms with Crippen LogP contribution in [0.5, 0.6) is 0 Å². The number of cyclic esters (lactones) is 1. The molecule has 2 aromatic carbocycles. The van der Waals surface area contributed by atoms with Crippen molar-refractivity contribution in [3.63, 3.8) is 0 Å². The van der Waals surface area contributed by atoms with E-state index in [0.29, 0.717) is 37.2 Å². The predicted octanol–water partition coefficient (Wildman–Crippen LogP) is 5.10. The summed E-state index contributed by atoms with van der Waals surface area (Å²) in [6, 6.07) is 9.79. The third-order valence-corrected chi connectivity index (χ3v) is 7.30. The summed E-state index contributed by atoms with van der Waals surface area (Å²) >= 11 is 1.33. The first-order valence-electron chi connectivity index (χ1n) is 11.2. The average Bonchev–Trinajstić information content (AvgIpc) is 3.51. The average molecular weight is 516 g/mol. The van der Waals surface area contributed by atoms with Gasteiger partial charge < -0.3 is 15.0 Å². The second-order valence-corrected chi connectivity index (χ2v) is 9.47. The lowest BCUT2D eigenvalue weighted by atomic mass is 9.96. The van der Waals surface area contributed by atoms with Gasteiger partial charge in [-0.05, 0) is 37.1 Å². The van der Waals surface area contributed by atoms with Gasteiger partial charge in [0.25, 0.3) is 11.8 Å². The summed E-state index contributed by atoms with van der Waals surface area (Å²) < 4.78 is 44.9. The van der Waals surface area contributed by atoms with E-state index in [1.165, 1.54) is 34.4 Å². The van der Waals surface area contributed by atoms with Crippen molar-refractivity contribution in [2.45, 2.75) is 31.5 Å². The molecule has 2 amide bonds. The van der Waals surface area contributed by atoms with Gasteiger partial charge in [-0.2, -0.15) is 13.2 Å². The number of anilines is 1. The second kappa shape index (κ2) is 9.38. The highest BCUT2D eigenvalue weighted by molar-refractivity contribution is 7.10. The Morgan fingerprint density at radius 2 is 1.86 bits per heavy atom. The van der Waals surface area contributed by atoms with Gasteiger partial charge in [0.2, 0.25) is 0 Å². The molecule has 0 saturated carbocycles. The van der Waals surface area contributed by atoms with Crippen LogP contribution in [0.3, 0.4) is 0 Å². The third kappa shape index (κ3) is 4.70. The van der Waals surface area contributed by atoms with Crippen molar-refractivity contribution >= 4 is 34.8 Å². The molecule has 11 heteroatoms. The predicted molar refractivity (Wildman–Crippen MR) is 125 cm³/mol. The van der Waals surface area contributed by atoms with Crippen molar-refractivity contribution in [2.24, 2.45) is 0 Å². The van der Waals surface area contributed by atoms with Crippen LogP contribution < -0.4 is 5.32 Å². The Labute approximate surface area is 207 Å². The van der Waals surface area contributed by atoms with Gasteiger partial charge in [-0.25, -0.2) is 9.78 Å². The van der Waals surface area contributed by atoms with Gasteiger partial charge in [0.1, 0.15) is 12.3 Å². The molecular weight excluding hydrogens is 495 g/mol. The van der Waals surface area contributed by atoms with Crippen LogP contribution in [0.1, 0.15) is 66.1 Å². The molecule has 0 unspecified atom stereocenters. The highest BCUT2D eigenvalue weighted by atomic mass is 32.1. The van der Waals surface area contributed by atoms with Gasteiger partial charge >= 0.3 is 12.1 Å². The zero-order valence-electron chi connectivity index (χ0n) is 18.8. The van der Waals surface area contributed by atoms with Crippen LogP contribution in [0.2, 0.25) is 0 Å². The number of rotatable bonds is 4. The number of thiazole rings is 1. The van der Waals surface area contributed by atoms with Crippen LogP contribution in [0.4, 0.5) is 18.9 Å². The zero-order valence-corrected chi connectivity index (χ0v) is 19.6. The SMILES string of the molecule is O=C(Nc1ccc2c(c1)C(=O)OC2)c1csc(C2CCN(C(=O)c3ccccc3C(F)(F)F)CC2)n1. The van der Waals surface area contributed by atoms with E-state index < -0.39 is 29.5 Å². The highest BCUT2D eigenvalue weighted by Gasteiger charge is 2.36. The number of amides is 2. The van der Waals surface area contributed by atoms with Crippen molar-refractivity contribution in [3.05, 3.63) is 80.8 Å². The minimum Gasteiger partial charge on any atom is -0.457 e. The molecular formula is C25H20F3N3O4S. The summed E-state index contributed by atoms with van der Waals surface area (Å²) in [4.78, 5) is 43.1. The Morgan fingerprint density at radius 1 is 1.11 bits per heavy atom. The number of carbonyl (C=O) groups excluding carboxylic acids is 3. The minimum atomic E-state index is -4.61. The quantitative estimate of drug-likeness (QED) is 0.488. The van der Waals surface area contributed by atoms with E-state index in [0.717, 1.165) is 16.6 Å². The van der Waals surface area contributed by atoms with Gasteiger partial charge in [-0.1, -0.05) is 18.2 Å². The lowest BCUT2D eigenvalue weighted by Gasteiger charge is -2.31. The van der Waals surface area contributed by atoms with E-state index in [2.05, 4.69) is 10.3 Å². The summed E-state index contributed by atoms with van der Waals surface area (Å²) in [5, 5.41) is 5.11. The molecule has 0 radical (unpaired) electrons. The first-order valence-corrected chi connectivity index (χ1v) is 12.1. The van der Waals surface area contributed by atoms with Gasteiger partial charge in [0.15, 0.2) is 0 Å². The molecule has 7 nitrogen and oxygen atoms in total. The molecule has 36 heavy (non-hydrogen) atoms. The number of piperidine rings is 1. The number of hydrogen-bond acceptors (Lipinski definition) is 6. The lowest BCUT2D eigenvalue weighted by Crippen LogP contribution is -2.38. The first kappa shape index (κ1) is 24.0. The number of nitrogens with zero attached hydrogens (tertiary/aromatic N) is 2. The van der Waals surface area contributed by atoms with Crippen molar-refractivity contribution < 1.29 is 32.3 Å². The van der Waals surface area contributed by atoms with Crippen LogP contribution in [0.25, 0.3) is 0 Å². The van der Waals surface area contributed by atoms with Gasteiger partial charge in [-0.3, -0.25) is 9.59 Å². The molecule has 2 aliphatic rings. The molecule has 1 aromatic heterocycles. The van der Waals surface area contributed by atoms with E-state index in [1.807, 2.05) is 0 Å². The molecule has 5 rings (SSSR count). The number of likely N-dealkylation sites (tertiary alicyclic amines) is 1. The number of fused-ring (bicyclic) bond motifs is 1. The fourth-order valence-corrected chi connectivity index (χ4v) is 5.35. The van der Waals surface area contributed by atoms with E-state index in [9.17, 15) is 27.6 Å². The monoisotopic (exact) mass is 515 g/mol. The van der Waals surface area contributed by atoms with Gasteiger partial charge in [-0.15, -0.1) is 11.3 Å². The summed E-state index contributed by atoms with van der Waals surface area (Å²) in [6.07, 6.45) is -3.55. The Morgan fingerprint density at radius 3 is 2.61 bits per heavy atom. The fourth-order valence-electron chi connectivity index (χ4n) is 4.38. The van der Waals surface area contributed by atoms with Crippen molar-refractivity contribution in [1.29, 1.82) is 0 Å². The molecule has 3 aromatic rings. The number of hydrogen-bond donors (Lipinski definition) is 1. The van der Waals surface area contributed by atoms with Crippen LogP contribution >= 0.6 is 11.3 Å². The van der Waals surface area contributed by atoms with Crippen LogP contribution in [0.15, 0.2) is 47.8 Å². The number of halogens is 3. The van der Waals surface area contributed by atoms with Crippen molar-refractivity contribution in [3.8, 4) is 0 Å². The second-order valence-electron chi connectivity index (χ2n) is 8.58. The highest BCUT2D eigenvalue weighted by Crippen LogP contribution is 2.35. The maximum absolute atomic E-state index is 13.3. The zero-order chi connectivity index (χ0) is 25.4. The van der Waals surface area contributed by atoms with E-state index >= 15 is 0 Å². The Bertz CT molecular complexity index is 1350. The normalized spacial score (nSPS) is 16.0. The Kier molecular flexibility index (Phi) is 6.25. The number of carbonyl (C=O) groups is 3. The van der Waals surface area contributed by atoms with Crippen molar-refractivity contribution in [2.75, 3.05) is 18.4 Å². The molecule has 1 fully saturated rings. The molecule has 1 saturated heterocycles. The lowest BCUT2D eigenvalue weighted by molar-refractivity contribution is -0.138. The number of benzene rings is 2. The van der Waals surface area contributed by atoms with Gasteiger partial charge in [0.05, 0.1) is 21.7 Å². The van der Waals surface area contributed by atoms with Gasteiger partial charge in [0, 0.05) is 35.6 Å². The fraction of sp³-hybridized carbons (Fsp3) is 0.280. The molecule has 3 heterocycles. The summed E-state index contributed by atoms with van der Waals surface area (Å²) in [7, 11) is 0. The maximum atomic E-state index is 13.3. The first-order chi connectivity index (χ1) is 17.2. The smallest absolute Gasteiger partial charge is 0.417 e. The van der Waals surface area contributed by atoms with Crippen LogP contribution in [0, 0.1) is 0 Å². The summed E-state index contributed by atoms with van der Waals surface area (Å²) in [5.74, 6) is -1.49. The topological polar surface area (TPSA) is 88.6 Å². The third-order valence-electron chi connectivity index (χ3n) is 6.30. The van der Waals surface area contributed by atoms with Crippen LogP contribution in [-0.4, -0.2) is 40.8 Å². The van der Waals surface area contributed by atoms with Crippen molar-refractivity contribution in [1.82, 2.24) is 9.88 Å². The molecule has 0 aliphatic carbocycles. The number of esters is 1. The maximum Gasteiger partial charge on any atom is 0.417 e. The Balaban J connectivity index is 1.21. The standard InChI is InChI=1S/C25H20F3N3O4S/c26-25(27,28)19-4-2-1-3-17(19)23(33)31-9-7-14(8-10-31)22-30-20(13-36-22)21(32)29-16-6-5-15-12-35-24(34)18(15)11-16/h1-6,11,13-14H,7-10,12H2,(H,29,32). The minimum absolute atomic E-state index is 0.00627. The number of alkyl halides is 3. The number of ether oxygens (including phenoxy) is 1. The summed E-state index contributed by atoms with van der Waals surface area (Å²) in [6.45, 7) is 0.807. The van der Waals surface area contributed by atoms with E-state index in [-0.39, 0.29) is 23.8 Å². The molecule has 2 aliphatic heterocycles. The van der Waals surface area contributed by atoms with Crippen LogP contribution in [-0.2, 0) is 17.5 Å². The van der Waals surface area contributed by atoms with E-state index in [4.69, 9.17) is 4.74 Å². The molecule has 186 valence electrons. The van der Waals surface area contributed by atoms with E-state index in [1.54, 1.807) is 23.6 Å².